The summed E-state index contributed by atoms with van der Waals surface area (Å²) < 4.78 is 0. The summed E-state index contributed by atoms with van der Waals surface area (Å²) in [5.74, 6) is 1.08. The molecule has 158 valence electrons. The highest BCUT2D eigenvalue weighted by Gasteiger charge is 2.11. The molecule has 0 aliphatic rings. The number of nitrogens with zero attached hydrogens (tertiary/aromatic N) is 7. The quantitative estimate of drug-likeness (QED) is 0.502. The Balaban J connectivity index is 0.000000250. The molecule has 4 heterocycles. The van der Waals surface area contributed by atoms with E-state index in [9.17, 15) is 0 Å². The molecule has 8 nitrogen and oxygen atoms in total. The largest absolute Gasteiger partial charge is 0.383 e. The van der Waals surface area contributed by atoms with Crippen molar-refractivity contribution in [2.45, 2.75) is 20.3 Å². The van der Waals surface area contributed by atoms with Crippen LogP contribution in [0.25, 0.3) is 22.6 Å². The first-order valence-corrected chi connectivity index (χ1v) is 9.72. The molecule has 0 spiro atoms. The summed E-state index contributed by atoms with van der Waals surface area (Å²) in [6.07, 6.45) is 10.7. The van der Waals surface area contributed by atoms with Crippen LogP contribution in [0.15, 0.2) is 73.6 Å². The Bertz CT molecular complexity index is 1180. The molecule has 0 aliphatic carbocycles. The lowest BCUT2D eigenvalue weighted by molar-refractivity contribution is 1.14. The van der Waals surface area contributed by atoms with E-state index in [0.717, 1.165) is 22.4 Å². The van der Waals surface area contributed by atoms with Gasteiger partial charge in [0.2, 0.25) is 0 Å². The van der Waals surface area contributed by atoms with Crippen LogP contribution in [-0.2, 0) is 0 Å². The van der Waals surface area contributed by atoms with Gasteiger partial charge in [0.05, 0.1) is 23.4 Å². The number of nitrogens with two attached hydrogens (primary N) is 1. The molecule has 4 rings (SSSR count). The van der Waals surface area contributed by atoms with E-state index in [4.69, 9.17) is 16.3 Å². The van der Waals surface area contributed by atoms with Crippen LogP contribution in [0.3, 0.4) is 0 Å². The molecule has 0 saturated carbocycles. The minimum absolute atomic E-state index is 0.485. The Morgan fingerprint density at radius 3 is 1.69 bits per heavy atom. The van der Waals surface area contributed by atoms with E-state index in [0.29, 0.717) is 23.6 Å². The third-order valence-electron chi connectivity index (χ3n) is 4.04. The lowest BCUT2D eigenvalue weighted by atomic mass is 10.1. The summed E-state index contributed by atoms with van der Waals surface area (Å²) in [5.41, 5.74) is 10.2. The fraction of sp³-hybridized carbons (Fsp3) is 0.125. The molecular formula is C24H22N8. The van der Waals surface area contributed by atoms with E-state index in [1.807, 2.05) is 50.3 Å². The second-order valence-corrected chi connectivity index (χ2v) is 6.24. The molecule has 0 aromatic carbocycles. The summed E-state index contributed by atoms with van der Waals surface area (Å²) in [6, 6.07) is 14.8. The normalized spacial score (nSPS) is 9.12. The van der Waals surface area contributed by atoms with Crippen molar-refractivity contribution >= 4 is 5.82 Å². The number of rotatable bonds is 2. The average Bonchev–Trinajstić information content (AvgIpc) is 2.87. The highest BCUT2D eigenvalue weighted by molar-refractivity contribution is 5.70. The number of anilines is 1. The van der Waals surface area contributed by atoms with Crippen molar-refractivity contribution in [1.82, 2.24) is 24.9 Å². The predicted molar refractivity (Wildman–Crippen MR) is 122 cm³/mol. The first-order valence-electron chi connectivity index (χ1n) is 9.72. The predicted octanol–water partition coefficient (Wildman–Crippen LogP) is 4.36. The third-order valence-corrected chi connectivity index (χ3v) is 4.04. The zero-order chi connectivity index (χ0) is 23.2. The van der Waals surface area contributed by atoms with Crippen LogP contribution >= 0.6 is 0 Å². The molecule has 2 N–H and O–H groups in total. The van der Waals surface area contributed by atoms with Gasteiger partial charge in [0, 0.05) is 60.3 Å². The fourth-order valence-corrected chi connectivity index (χ4v) is 2.38. The third kappa shape index (κ3) is 6.97. The van der Waals surface area contributed by atoms with Crippen molar-refractivity contribution < 1.29 is 0 Å². The van der Waals surface area contributed by atoms with E-state index < -0.39 is 0 Å². The van der Waals surface area contributed by atoms with Crippen LogP contribution in [0.2, 0.25) is 0 Å². The Morgan fingerprint density at radius 2 is 1.25 bits per heavy atom. The monoisotopic (exact) mass is 422 g/mol. The van der Waals surface area contributed by atoms with Crippen molar-refractivity contribution in [3.05, 3.63) is 84.7 Å². The van der Waals surface area contributed by atoms with E-state index in [2.05, 4.69) is 24.9 Å². The number of pyridine rings is 3. The van der Waals surface area contributed by atoms with Crippen molar-refractivity contribution in [3.63, 3.8) is 0 Å². The summed E-state index contributed by atoms with van der Waals surface area (Å²) in [4.78, 5) is 20.7. The highest BCUT2D eigenvalue weighted by Crippen LogP contribution is 2.26. The van der Waals surface area contributed by atoms with Crippen LogP contribution in [-0.4, -0.2) is 24.9 Å². The van der Waals surface area contributed by atoms with Gasteiger partial charge in [0.1, 0.15) is 5.82 Å². The lowest BCUT2D eigenvalue weighted by Crippen LogP contribution is -2.02. The zero-order valence-electron chi connectivity index (χ0n) is 17.8. The smallest absolute Gasteiger partial charge is 0.162 e. The maximum atomic E-state index is 8.26. The minimum atomic E-state index is 0.485. The zero-order valence-corrected chi connectivity index (χ0v) is 17.8. The van der Waals surface area contributed by atoms with Gasteiger partial charge in [-0.05, 0) is 43.3 Å². The summed E-state index contributed by atoms with van der Waals surface area (Å²) >= 11 is 0. The molecule has 4 aromatic heterocycles. The van der Waals surface area contributed by atoms with Crippen LogP contribution < -0.4 is 5.73 Å². The minimum Gasteiger partial charge on any atom is -0.383 e. The van der Waals surface area contributed by atoms with Gasteiger partial charge in [-0.15, -0.1) is 0 Å². The maximum absolute atomic E-state index is 8.26. The second-order valence-electron chi connectivity index (χ2n) is 6.24. The van der Waals surface area contributed by atoms with E-state index >= 15 is 0 Å². The number of hydrogen-bond donors (Lipinski definition) is 1. The molecule has 0 atom stereocenters. The molecule has 0 saturated heterocycles. The molecular weight excluding hydrogens is 400 g/mol. The van der Waals surface area contributed by atoms with E-state index in [-0.39, 0.29) is 0 Å². The van der Waals surface area contributed by atoms with Crippen molar-refractivity contribution in [3.8, 4) is 34.8 Å². The van der Waals surface area contributed by atoms with Gasteiger partial charge < -0.3 is 5.73 Å². The van der Waals surface area contributed by atoms with Crippen molar-refractivity contribution in [2.75, 3.05) is 5.73 Å². The van der Waals surface area contributed by atoms with Crippen LogP contribution in [0, 0.1) is 29.6 Å². The number of hydrogen-bond acceptors (Lipinski definition) is 8. The van der Waals surface area contributed by atoms with Gasteiger partial charge in [0.15, 0.2) is 5.82 Å². The first-order chi connectivity index (χ1) is 15.6. The molecule has 0 aliphatic heterocycles. The van der Waals surface area contributed by atoms with Crippen LogP contribution in [0.5, 0.6) is 0 Å². The van der Waals surface area contributed by atoms with E-state index in [1.165, 1.54) is 0 Å². The number of aromatic nitrogens is 5. The molecule has 0 unspecified atom stereocenters. The van der Waals surface area contributed by atoms with Gasteiger partial charge in [-0.25, -0.2) is 9.97 Å². The topological polar surface area (TPSA) is 138 Å². The maximum Gasteiger partial charge on any atom is 0.162 e. The molecule has 0 fully saturated rings. The van der Waals surface area contributed by atoms with Crippen molar-refractivity contribution in [1.29, 1.82) is 10.5 Å². The lowest BCUT2D eigenvalue weighted by Gasteiger charge is -2.10. The molecule has 4 aromatic rings. The Kier molecular flexibility index (Phi) is 9.42. The standard InChI is InChI=1S/C15H13N5.C6H4N2.C3H5N/c1-10-13(11-2-6-17-7-3-11)19-15(20-14(10)16)12-4-8-18-9-5-12;7-5-6-1-3-8-4-2-6;1-2-3-4/h2-9H,1H3,(H2,16,19,20);1-4H;2H2,1H3. The van der Waals surface area contributed by atoms with Gasteiger partial charge >= 0.3 is 0 Å². The van der Waals surface area contributed by atoms with Crippen LogP contribution in [0.4, 0.5) is 5.82 Å². The summed E-state index contributed by atoms with van der Waals surface area (Å²) in [6.45, 7) is 3.74. The van der Waals surface area contributed by atoms with Crippen molar-refractivity contribution in [2.24, 2.45) is 0 Å². The molecule has 0 bridgehead atoms. The fourth-order valence-electron chi connectivity index (χ4n) is 2.38. The molecule has 8 heteroatoms. The number of nitrogen functional groups attached to an aromatic ring is 1. The van der Waals surface area contributed by atoms with Gasteiger partial charge in [-0.3, -0.25) is 15.0 Å². The average molecular weight is 422 g/mol. The Labute approximate surface area is 187 Å². The Hall–Kier alpha value is -4.69. The van der Waals surface area contributed by atoms with E-state index in [1.54, 1.807) is 49.3 Å². The number of nitriles is 2. The van der Waals surface area contributed by atoms with Crippen LogP contribution in [0.1, 0.15) is 24.5 Å². The molecule has 32 heavy (non-hydrogen) atoms. The highest BCUT2D eigenvalue weighted by atomic mass is 15.0. The molecule has 0 amide bonds. The summed E-state index contributed by atoms with van der Waals surface area (Å²) in [5, 5.41) is 15.9. The molecule has 0 radical (unpaired) electrons. The Morgan fingerprint density at radius 1 is 0.781 bits per heavy atom. The van der Waals surface area contributed by atoms with Gasteiger partial charge in [0.25, 0.3) is 0 Å². The summed E-state index contributed by atoms with van der Waals surface area (Å²) in [7, 11) is 0. The SMILES string of the molecule is CCC#N.Cc1c(N)nc(-c2ccncc2)nc1-c1ccncc1.N#Cc1ccncc1. The first kappa shape index (κ1) is 23.6. The van der Waals surface area contributed by atoms with Gasteiger partial charge in [-0.2, -0.15) is 10.5 Å². The van der Waals surface area contributed by atoms with Gasteiger partial charge in [-0.1, -0.05) is 6.92 Å². The second kappa shape index (κ2) is 12.8.